The Kier molecular flexibility index (Phi) is 7.50. The zero-order chi connectivity index (χ0) is 21.3. The minimum atomic E-state index is -0.229. The van der Waals surface area contributed by atoms with Gasteiger partial charge in [0.1, 0.15) is 0 Å². The maximum absolute atomic E-state index is 12.9. The van der Waals surface area contributed by atoms with E-state index >= 15 is 0 Å². The number of carbonyl (C=O) groups is 1. The molecule has 0 bridgehead atoms. The van der Waals surface area contributed by atoms with Crippen molar-refractivity contribution in [1.29, 1.82) is 5.26 Å². The Hall–Kier alpha value is -3.27. The highest BCUT2D eigenvalue weighted by Crippen LogP contribution is 2.16. The normalized spacial score (nSPS) is 10.4. The fourth-order valence-electron chi connectivity index (χ4n) is 3.06. The molecule has 1 N–H and O–H groups in total. The number of ether oxygens (including phenoxy) is 1. The molecule has 6 nitrogen and oxygen atoms in total. The maximum Gasteiger partial charge on any atom is 0.322 e. The number of rotatable bonds is 8. The first-order valence-corrected chi connectivity index (χ1v) is 9.90. The van der Waals surface area contributed by atoms with E-state index in [1.165, 1.54) is 0 Å². The molecule has 0 fully saturated rings. The van der Waals surface area contributed by atoms with Crippen LogP contribution in [0.5, 0.6) is 0 Å². The second-order valence-electron chi connectivity index (χ2n) is 6.79. The average Bonchev–Trinajstić information content (AvgIpc) is 3.18. The molecule has 154 valence electrons. The van der Waals surface area contributed by atoms with Crippen LogP contribution < -0.4 is 5.32 Å². The highest BCUT2D eigenvalue weighted by atomic mass is 35.5. The monoisotopic (exact) mass is 422 g/mol. The first-order valence-electron chi connectivity index (χ1n) is 9.52. The summed E-state index contributed by atoms with van der Waals surface area (Å²) in [6, 6.07) is 20.3. The fraction of sp³-hybridized carbons (Fsp3) is 0.217. The van der Waals surface area contributed by atoms with E-state index in [1.807, 2.05) is 42.6 Å². The van der Waals surface area contributed by atoms with E-state index in [1.54, 1.807) is 36.3 Å². The molecule has 0 saturated carbocycles. The molecule has 30 heavy (non-hydrogen) atoms. The number of nitriles is 1. The summed E-state index contributed by atoms with van der Waals surface area (Å²) in [5, 5.41) is 12.5. The van der Waals surface area contributed by atoms with Gasteiger partial charge in [0.2, 0.25) is 0 Å². The lowest BCUT2D eigenvalue weighted by atomic mass is 10.2. The molecule has 1 aromatic heterocycles. The van der Waals surface area contributed by atoms with Crippen LogP contribution in [0.1, 0.15) is 16.8 Å². The largest absolute Gasteiger partial charge is 0.383 e. The summed E-state index contributed by atoms with van der Waals surface area (Å²) >= 11 is 6.10. The molecule has 0 aliphatic heterocycles. The summed E-state index contributed by atoms with van der Waals surface area (Å²) in [6.45, 7) is 1.97. The summed E-state index contributed by atoms with van der Waals surface area (Å²) in [5.41, 5.74) is 3.27. The van der Waals surface area contributed by atoms with Gasteiger partial charge < -0.3 is 19.5 Å². The van der Waals surface area contributed by atoms with Crippen LogP contribution in [0.4, 0.5) is 10.5 Å². The van der Waals surface area contributed by atoms with E-state index in [-0.39, 0.29) is 6.03 Å². The van der Waals surface area contributed by atoms with Crippen molar-refractivity contribution in [3.8, 4) is 6.07 Å². The Bertz CT molecular complexity index is 1020. The molecule has 2 amide bonds. The van der Waals surface area contributed by atoms with Crippen molar-refractivity contribution in [3.63, 3.8) is 0 Å². The average molecular weight is 423 g/mol. The van der Waals surface area contributed by atoms with Crippen LogP contribution in [0.15, 0.2) is 66.9 Å². The number of hydrogen-bond acceptors (Lipinski definition) is 3. The van der Waals surface area contributed by atoms with Crippen molar-refractivity contribution in [2.75, 3.05) is 25.6 Å². The highest BCUT2D eigenvalue weighted by Gasteiger charge is 2.16. The van der Waals surface area contributed by atoms with Gasteiger partial charge in [0.25, 0.3) is 0 Å². The third kappa shape index (κ3) is 5.86. The number of anilines is 1. The number of carbonyl (C=O) groups excluding carboxylic acids is 1. The standard InChI is InChI=1S/C23H23ClN4O2/c1-30-13-12-28(23(29)26-21-9-7-18(15-25)8-10-21)17-22-6-3-11-27(22)16-19-4-2-5-20(24)14-19/h2-11,14H,12-13,16-17H2,1H3,(H,26,29). The predicted molar refractivity (Wildman–Crippen MR) is 117 cm³/mol. The number of nitrogens with one attached hydrogen (secondary N) is 1. The van der Waals surface area contributed by atoms with E-state index in [9.17, 15) is 4.79 Å². The number of urea groups is 1. The Morgan fingerprint density at radius 2 is 2.00 bits per heavy atom. The van der Waals surface area contributed by atoms with Crippen molar-refractivity contribution in [2.24, 2.45) is 0 Å². The summed E-state index contributed by atoms with van der Waals surface area (Å²) < 4.78 is 7.28. The van der Waals surface area contributed by atoms with Gasteiger partial charge in [-0.15, -0.1) is 0 Å². The Balaban J connectivity index is 1.72. The summed E-state index contributed by atoms with van der Waals surface area (Å²) in [7, 11) is 1.61. The molecule has 0 aliphatic rings. The third-order valence-electron chi connectivity index (χ3n) is 4.64. The minimum Gasteiger partial charge on any atom is -0.383 e. The molecule has 0 aliphatic carbocycles. The van der Waals surface area contributed by atoms with Gasteiger partial charge >= 0.3 is 6.03 Å². The van der Waals surface area contributed by atoms with Crippen molar-refractivity contribution < 1.29 is 9.53 Å². The van der Waals surface area contributed by atoms with Crippen molar-refractivity contribution in [1.82, 2.24) is 9.47 Å². The number of aromatic nitrogens is 1. The highest BCUT2D eigenvalue weighted by molar-refractivity contribution is 6.30. The van der Waals surface area contributed by atoms with Crippen LogP contribution in [0.2, 0.25) is 5.02 Å². The maximum atomic E-state index is 12.9. The molecule has 0 spiro atoms. The second kappa shape index (κ2) is 10.5. The van der Waals surface area contributed by atoms with Crippen LogP contribution in [-0.4, -0.2) is 35.8 Å². The van der Waals surface area contributed by atoms with Crippen molar-refractivity contribution >= 4 is 23.3 Å². The van der Waals surface area contributed by atoms with Crippen LogP contribution in [0.3, 0.4) is 0 Å². The third-order valence-corrected chi connectivity index (χ3v) is 4.87. The van der Waals surface area contributed by atoms with Crippen LogP contribution in [0, 0.1) is 11.3 Å². The number of halogens is 1. The smallest absolute Gasteiger partial charge is 0.322 e. The van der Waals surface area contributed by atoms with Gasteiger partial charge in [0.05, 0.1) is 24.8 Å². The first-order chi connectivity index (χ1) is 14.6. The van der Waals surface area contributed by atoms with Crippen LogP contribution in [0.25, 0.3) is 0 Å². The van der Waals surface area contributed by atoms with E-state index in [4.69, 9.17) is 21.6 Å². The van der Waals surface area contributed by atoms with Gasteiger partial charge in [-0.1, -0.05) is 23.7 Å². The van der Waals surface area contributed by atoms with E-state index in [2.05, 4.69) is 16.0 Å². The number of amides is 2. The Labute approximate surface area is 181 Å². The molecular weight excluding hydrogens is 400 g/mol. The molecule has 1 heterocycles. The van der Waals surface area contributed by atoms with Gasteiger partial charge in [-0.05, 0) is 54.1 Å². The minimum absolute atomic E-state index is 0.229. The SMILES string of the molecule is COCCN(Cc1cccn1Cc1cccc(Cl)c1)C(=O)Nc1ccc(C#N)cc1. The van der Waals surface area contributed by atoms with Gasteiger partial charge in [-0.25, -0.2) is 4.79 Å². The molecule has 0 atom stereocenters. The molecule has 3 rings (SSSR count). The fourth-order valence-corrected chi connectivity index (χ4v) is 3.27. The number of nitrogens with zero attached hydrogens (tertiary/aromatic N) is 3. The lowest BCUT2D eigenvalue weighted by molar-refractivity contribution is 0.152. The number of hydrogen-bond donors (Lipinski definition) is 1. The van der Waals surface area contributed by atoms with Gasteiger partial charge in [0.15, 0.2) is 0 Å². The van der Waals surface area contributed by atoms with Gasteiger partial charge in [0, 0.05) is 42.8 Å². The van der Waals surface area contributed by atoms with Gasteiger partial charge in [-0.2, -0.15) is 5.26 Å². The molecule has 0 radical (unpaired) electrons. The summed E-state index contributed by atoms with van der Waals surface area (Å²) in [6.07, 6.45) is 1.99. The lowest BCUT2D eigenvalue weighted by Gasteiger charge is -2.24. The van der Waals surface area contributed by atoms with Crippen molar-refractivity contribution in [3.05, 3.63) is 88.7 Å². The van der Waals surface area contributed by atoms with E-state index in [0.29, 0.717) is 42.5 Å². The van der Waals surface area contributed by atoms with Crippen LogP contribution in [-0.2, 0) is 17.8 Å². The zero-order valence-electron chi connectivity index (χ0n) is 16.7. The Morgan fingerprint density at radius 1 is 1.20 bits per heavy atom. The predicted octanol–water partition coefficient (Wildman–Crippen LogP) is 4.74. The topological polar surface area (TPSA) is 70.3 Å². The molecule has 0 unspecified atom stereocenters. The molecule has 7 heteroatoms. The van der Waals surface area contributed by atoms with E-state index in [0.717, 1.165) is 11.3 Å². The zero-order valence-corrected chi connectivity index (χ0v) is 17.5. The van der Waals surface area contributed by atoms with Crippen LogP contribution >= 0.6 is 11.6 Å². The molecule has 2 aromatic carbocycles. The number of benzene rings is 2. The quantitative estimate of drug-likeness (QED) is 0.569. The number of methoxy groups -OCH3 is 1. The molecule has 3 aromatic rings. The van der Waals surface area contributed by atoms with E-state index < -0.39 is 0 Å². The molecule has 0 saturated heterocycles. The summed E-state index contributed by atoms with van der Waals surface area (Å²) in [4.78, 5) is 14.6. The van der Waals surface area contributed by atoms with Crippen molar-refractivity contribution in [2.45, 2.75) is 13.1 Å². The molecular formula is C23H23ClN4O2. The second-order valence-corrected chi connectivity index (χ2v) is 7.23. The Morgan fingerprint density at radius 3 is 2.70 bits per heavy atom. The summed E-state index contributed by atoms with van der Waals surface area (Å²) in [5.74, 6) is 0. The first kappa shape index (κ1) is 21.4. The lowest BCUT2D eigenvalue weighted by Crippen LogP contribution is -2.37. The van der Waals surface area contributed by atoms with Gasteiger partial charge in [-0.3, -0.25) is 0 Å².